The molecule has 1 heterocycles. The van der Waals surface area contributed by atoms with Crippen LogP contribution in [0.3, 0.4) is 0 Å². The van der Waals surface area contributed by atoms with E-state index < -0.39 is 0 Å². The number of nitrogens with one attached hydrogen (secondary N) is 1. The summed E-state index contributed by atoms with van der Waals surface area (Å²) in [6.07, 6.45) is 0. The van der Waals surface area contributed by atoms with Crippen LogP contribution in [-0.4, -0.2) is 57.8 Å². The lowest BCUT2D eigenvalue weighted by molar-refractivity contribution is 0.187. The highest BCUT2D eigenvalue weighted by molar-refractivity contribution is 5.50. The summed E-state index contributed by atoms with van der Waals surface area (Å²) in [4.78, 5) is 4.85. The van der Waals surface area contributed by atoms with E-state index in [1.807, 2.05) is 12.1 Å². The van der Waals surface area contributed by atoms with E-state index in [2.05, 4.69) is 41.2 Å². The lowest BCUT2D eigenvalue weighted by Gasteiger charge is -2.35. The molecule has 1 N–H and O–H groups in total. The third-order valence-corrected chi connectivity index (χ3v) is 3.81. The molecular weight excluding hydrogens is 238 g/mol. The Balaban J connectivity index is 1.93. The summed E-state index contributed by atoms with van der Waals surface area (Å²) >= 11 is 0. The Morgan fingerprint density at radius 2 is 2.11 bits per heavy atom. The van der Waals surface area contributed by atoms with Gasteiger partial charge in [0.1, 0.15) is 5.75 Å². The van der Waals surface area contributed by atoms with Gasteiger partial charge < -0.3 is 15.0 Å². The van der Waals surface area contributed by atoms with E-state index in [0.717, 1.165) is 38.5 Å². The van der Waals surface area contributed by atoms with Crippen LogP contribution >= 0.6 is 0 Å². The van der Waals surface area contributed by atoms with Gasteiger partial charge in [-0.3, -0.25) is 4.90 Å². The van der Waals surface area contributed by atoms with Gasteiger partial charge >= 0.3 is 0 Å². The predicted octanol–water partition coefficient (Wildman–Crippen LogP) is 1.43. The highest BCUT2D eigenvalue weighted by atomic mass is 16.5. The van der Waals surface area contributed by atoms with Crippen molar-refractivity contribution in [1.29, 1.82) is 0 Å². The van der Waals surface area contributed by atoms with Gasteiger partial charge in [0, 0.05) is 57.6 Å². The van der Waals surface area contributed by atoms with Crippen LogP contribution in [-0.2, 0) is 0 Å². The number of methoxy groups -OCH3 is 1. The number of hydrogen-bond donors (Lipinski definition) is 1. The molecule has 1 aromatic carbocycles. The molecule has 1 fully saturated rings. The first-order valence-corrected chi connectivity index (χ1v) is 7.00. The molecule has 0 amide bonds. The number of rotatable bonds is 5. The fourth-order valence-electron chi connectivity index (χ4n) is 2.59. The minimum absolute atomic E-state index is 0.568. The number of anilines is 1. The fourth-order valence-corrected chi connectivity index (χ4v) is 2.59. The van der Waals surface area contributed by atoms with Crippen LogP contribution in [0.25, 0.3) is 0 Å². The molecule has 1 aromatic rings. The van der Waals surface area contributed by atoms with Crippen molar-refractivity contribution in [3.8, 4) is 5.75 Å². The number of ether oxygens (including phenoxy) is 1. The number of piperazine rings is 1. The number of likely N-dealkylation sites (N-methyl/N-ethyl adjacent to an activating group) is 1. The zero-order chi connectivity index (χ0) is 13.7. The zero-order valence-electron chi connectivity index (χ0n) is 12.2. The van der Waals surface area contributed by atoms with Crippen molar-refractivity contribution in [3.05, 3.63) is 24.3 Å². The molecule has 4 nitrogen and oxygen atoms in total. The standard InChI is InChI=1S/C15H25N3O/c1-13(18-9-7-16-8-10-18)12-17(2)14-5-4-6-15(11-14)19-3/h4-6,11,13,16H,7-10,12H2,1-3H3. The molecule has 0 aliphatic carbocycles. The molecule has 4 heteroatoms. The second kappa shape index (κ2) is 6.78. The quantitative estimate of drug-likeness (QED) is 0.869. The SMILES string of the molecule is COc1cccc(N(C)CC(C)N2CCNCC2)c1. The first-order valence-electron chi connectivity index (χ1n) is 7.00. The molecule has 1 unspecified atom stereocenters. The first kappa shape index (κ1) is 14.2. The van der Waals surface area contributed by atoms with Gasteiger partial charge in [-0.15, -0.1) is 0 Å². The van der Waals surface area contributed by atoms with Crippen molar-refractivity contribution in [2.45, 2.75) is 13.0 Å². The average Bonchev–Trinajstić information content (AvgIpc) is 2.48. The summed E-state index contributed by atoms with van der Waals surface area (Å²) < 4.78 is 5.28. The van der Waals surface area contributed by atoms with Gasteiger partial charge in [0.25, 0.3) is 0 Å². The van der Waals surface area contributed by atoms with Crippen LogP contribution in [0.4, 0.5) is 5.69 Å². The third-order valence-electron chi connectivity index (χ3n) is 3.81. The second-order valence-electron chi connectivity index (χ2n) is 5.22. The van der Waals surface area contributed by atoms with Gasteiger partial charge in [-0.2, -0.15) is 0 Å². The molecule has 1 atom stereocenters. The van der Waals surface area contributed by atoms with E-state index >= 15 is 0 Å². The Morgan fingerprint density at radius 1 is 1.37 bits per heavy atom. The Kier molecular flexibility index (Phi) is 5.05. The summed E-state index contributed by atoms with van der Waals surface area (Å²) in [6.45, 7) is 7.84. The molecule has 1 aliphatic heterocycles. The number of nitrogens with zero attached hydrogens (tertiary/aromatic N) is 2. The normalized spacial score (nSPS) is 18.1. The second-order valence-corrected chi connectivity index (χ2v) is 5.22. The van der Waals surface area contributed by atoms with E-state index in [1.54, 1.807) is 7.11 Å². The minimum Gasteiger partial charge on any atom is -0.497 e. The average molecular weight is 263 g/mol. The van der Waals surface area contributed by atoms with E-state index in [1.165, 1.54) is 5.69 Å². The molecule has 0 radical (unpaired) electrons. The fraction of sp³-hybridized carbons (Fsp3) is 0.600. The van der Waals surface area contributed by atoms with Gasteiger partial charge in [0.05, 0.1) is 7.11 Å². The topological polar surface area (TPSA) is 27.7 Å². The maximum atomic E-state index is 5.28. The summed E-state index contributed by atoms with van der Waals surface area (Å²) in [6, 6.07) is 8.81. The highest BCUT2D eigenvalue weighted by Crippen LogP contribution is 2.20. The van der Waals surface area contributed by atoms with Crippen LogP contribution in [0, 0.1) is 0 Å². The molecular formula is C15H25N3O. The van der Waals surface area contributed by atoms with Gasteiger partial charge in [0.15, 0.2) is 0 Å². The van der Waals surface area contributed by atoms with E-state index in [9.17, 15) is 0 Å². The van der Waals surface area contributed by atoms with Crippen molar-refractivity contribution < 1.29 is 4.74 Å². The summed E-state index contributed by atoms with van der Waals surface area (Å²) in [5, 5.41) is 3.40. The van der Waals surface area contributed by atoms with E-state index in [-0.39, 0.29) is 0 Å². The van der Waals surface area contributed by atoms with Crippen molar-refractivity contribution >= 4 is 5.69 Å². The summed E-state index contributed by atoms with van der Waals surface area (Å²) in [5.74, 6) is 0.916. The van der Waals surface area contributed by atoms with Crippen molar-refractivity contribution in [2.24, 2.45) is 0 Å². The molecule has 1 saturated heterocycles. The van der Waals surface area contributed by atoms with Gasteiger partial charge in [0.2, 0.25) is 0 Å². The molecule has 19 heavy (non-hydrogen) atoms. The van der Waals surface area contributed by atoms with Crippen LogP contribution in [0.15, 0.2) is 24.3 Å². The lowest BCUT2D eigenvalue weighted by Crippen LogP contribution is -2.50. The molecule has 0 saturated carbocycles. The molecule has 1 aliphatic rings. The van der Waals surface area contributed by atoms with Gasteiger partial charge in [-0.1, -0.05) is 6.07 Å². The van der Waals surface area contributed by atoms with Crippen LogP contribution in [0.1, 0.15) is 6.92 Å². The Labute approximate surface area is 116 Å². The summed E-state index contributed by atoms with van der Waals surface area (Å²) in [5.41, 5.74) is 1.21. The minimum atomic E-state index is 0.568. The molecule has 2 rings (SSSR count). The van der Waals surface area contributed by atoms with Crippen molar-refractivity contribution in [2.75, 3.05) is 51.8 Å². The van der Waals surface area contributed by atoms with Crippen LogP contribution in [0.5, 0.6) is 5.75 Å². The monoisotopic (exact) mass is 263 g/mol. The molecule has 0 aromatic heterocycles. The maximum Gasteiger partial charge on any atom is 0.120 e. The van der Waals surface area contributed by atoms with Crippen LogP contribution < -0.4 is 15.0 Å². The van der Waals surface area contributed by atoms with E-state index in [4.69, 9.17) is 4.74 Å². The van der Waals surface area contributed by atoms with E-state index in [0.29, 0.717) is 6.04 Å². The Hall–Kier alpha value is -1.26. The number of hydrogen-bond acceptors (Lipinski definition) is 4. The molecule has 106 valence electrons. The first-order chi connectivity index (χ1) is 9.20. The third kappa shape index (κ3) is 3.85. The molecule has 0 bridgehead atoms. The maximum absolute atomic E-state index is 5.28. The molecule has 0 spiro atoms. The largest absolute Gasteiger partial charge is 0.497 e. The number of benzene rings is 1. The highest BCUT2D eigenvalue weighted by Gasteiger charge is 2.17. The summed E-state index contributed by atoms with van der Waals surface area (Å²) in [7, 11) is 3.86. The Bertz CT molecular complexity index is 391. The van der Waals surface area contributed by atoms with Crippen molar-refractivity contribution in [1.82, 2.24) is 10.2 Å². The van der Waals surface area contributed by atoms with Gasteiger partial charge in [-0.25, -0.2) is 0 Å². The van der Waals surface area contributed by atoms with Crippen molar-refractivity contribution in [3.63, 3.8) is 0 Å². The smallest absolute Gasteiger partial charge is 0.120 e. The van der Waals surface area contributed by atoms with Crippen LogP contribution in [0.2, 0.25) is 0 Å². The Morgan fingerprint density at radius 3 is 2.79 bits per heavy atom. The lowest BCUT2D eigenvalue weighted by atomic mass is 10.2. The van der Waals surface area contributed by atoms with Gasteiger partial charge in [-0.05, 0) is 19.1 Å². The zero-order valence-corrected chi connectivity index (χ0v) is 12.2. The predicted molar refractivity (Wildman–Crippen MR) is 80.2 cm³/mol.